The van der Waals surface area contributed by atoms with Gasteiger partial charge in [0.05, 0.1) is 11.4 Å². The van der Waals surface area contributed by atoms with Gasteiger partial charge in [0, 0.05) is 17.1 Å². The molecule has 1 atom stereocenters. The minimum absolute atomic E-state index is 0.548. The van der Waals surface area contributed by atoms with Crippen LogP contribution in [0.1, 0.15) is 20.3 Å². The summed E-state index contributed by atoms with van der Waals surface area (Å²) < 4.78 is 1.13. The van der Waals surface area contributed by atoms with E-state index >= 15 is 0 Å². The summed E-state index contributed by atoms with van der Waals surface area (Å²) in [5, 5.41) is 7.04. The van der Waals surface area contributed by atoms with Crippen molar-refractivity contribution in [3.8, 4) is 0 Å². The SMILES string of the molecule is CC(C)CC1CNc2ccc(Br)cc2N1. The highest BCUT2D eigenvalue weighted by Crippen LogP contribution is 2.30. The van der Waals surface area contributed by atoms with Gasteiger partial charge in [0.2, 0.25) is 0 Å². The van der Waals surface area contributed by atoms with Gasteiger partial charge in [-0.1, -0.05) is 29.8 Å². The molecule has 0 spiro atoms. The molecule has 0 radical (unpaired) electrons. The first-order valence-electron chi connectivity index (χ1n) is 5.45. The molecule has 0 saturated heterocycles. The van der Waals surface area contributed by atoms with Crippen LogP contribution >= 0.6 is 15.9 Å². The van der Waals surface area contributed by atoms with E-state index in [1.54, 1.807) is 0 Å². The summed E-state index contributed by atoms with van der Waals surface area (Å²) in [6, 6.07) is 6.86. The second-order valence-corrected chi connectivity index (χ2v) is 5.46. The predicted octanol–water partition coefficient (Wildman–Crippen LogP) is 3.70. The molecule has 1 aromatic carbocycles. The van der Waals surface area contributed by atoms with Gasteiger partial charge in [-0.3, -0.25) is 0 Å². The van der Waals surface area contributed by atoms with Crippen LogP contribution in [0.3, 0.4) is 0 Å². The molecule has 0 saturated carbocycles. The molecule has 0 aromatic heterocycles. The summed E-state index contributed by atoms with van der Waals surface area (Å²) in [4.78, 5) is 0. The van der Waals surface area contributed by atoms with Gasteiger partial charge < -0.3 is 10.6 Å². The molecule has 1 unspecified atom stereocenters. The molecular weight excluding hydrogens is 252 g/mol. The number of rotatable bonds is 2. The fourth-order valence-electron chi connectivity index (χ4n) is 2.01. The van der Waals surface area contributed by atoms with Crippen LogP contribution < -0.4 is 10.6 Å². The van der Waals surface area contributed by atoms with Crippen LogP contribution in [0.4, 0.5) is 11.4 Å². The number of anilines is 2. The molecule has 15 heavy (non-hydrogen) atoms. The van der Waals surface area contributed by atoms with Crippen molar-refractivity contribution in [2.45, 2.75) is 26.3 Å². The fourth-order valence-corrected chi connectivity index (χ4v) is 2.37. The molecule has 1 aromatic rings. The standard InChI is InChI=1S/C12H17BrN2/c1-8(2)5-10-7-14-11-4-3-9(13)6-12(11)15-10/h3-4,6,8,10,14-15H,5,7H2,1-2H3. The van der Waals surface area contributed by atoms with Crippen LogP contribution in [0.15, 0.2) is 22.7 Å². The Morgan fingerprint density at radius 1 is 1.40 bits per heavy atom. The Balaban J connectivity index is 2.11. The predicted molar refractivity (Wildman–Crippen MR) is 69.5 cm³/mol. The van der Waals surface area contributed by atoms with E-state index in [4.69, 9.17) is 0 Å². The lowest BCUT2D eigenvalue weighted by Gasteiger charge is -2.29. The number of halogens is 1. The Morgan fingerprint density at radius 2 is 2.20 bits per heavy atom. The zero-order chi connectivity index (χ0) is 10.8. The number of benzene rings is 1. The maximum absolute atomic E-state index is 3.58. The zero-order valence-corrected chi connectivity index (χ0v) is 10.8. The number of fused-ring (bicyclic) bond motifs is 1. The molecule has 1 aliphatic heterocycles. The third-order valence-electron chi connectivity index (χ3n) is 2.64. The van der Waals surface area contributed by atoms with Crippen LogP contribution in [-0.4, -0.2) is 12.6 Å². The molecule has 0 amide bonds. The molecule has 2 rings (SSSR count). The summed E-state index contributed by atoms with van der Waals surface area (Å²) in [5.74, 6) is 0.734. The highest BCUT2D eigenvalue weighted by atomic mass is 79.9. The van der Waals surface area contributed by atoms with Crippen molar-refractivity contribution in [2.24, 2.45) is 5.92 Å². The van der Waals surface area contributed by atoms with Gasteiger partial charge in [-0.15, -0.1) is 0 Å². The average molecular weight is 269 g/mol. The quantitative estimate of drug-likeness (QED) is 0.855. The Bertz CT molecular complexity index is 349. The number of hydrogen-bond acceptors (Lipinski definition) is 2. The zero-order valence-electron chi connectivity index (χ0n) is 9.18. The average Bonchev–Trinajstić information content (AvgIpc) is 2.16. The van der Waals surface area contributed by atoms with Crippen molar-refractivity contribution in [1.82, 2.24) is 0 Å². The van der Waals surface area contributed by atoms with Crippen molar-refractivity contribution < 1.29 is 0 Å². The maximum atomic E-state index is 3.58. The van der Waals surface area contributed by atoms with Crippen molar-refractivity contribution >= 4 is 27.3 Å². The molecular formula is C12H17BrN2. The molecule has 3 heteroatoms. The van der Waals surface area contributed by atoms with E-state index in [-0.39, 0.29) is 0 Å². The molecule has 1 aliphatic rings. The monoisotopic (exact) mass is 268 g/mol. The normalized spacial score (nSPS) is 19.3. The van der Waals surface area contributed by atoms with E-state index in [9.17, 15) is 0 Å². The van der Waals surface area contributed by atoms with Crippen molar-refractivity contribution in [3.63, 3.8) is 0 Å². The van der Waals surface area contributed by atoms with Crippen LogP contribution in [-0.2, 0) is 0 Å². The minimum Gasteiger partial charge on any atom is -0.381 e. The molecule has 2 N–H and O–H groups in total. The van der Waals surface area contributed by atoms with E-state index < -0.39 is 0 Å². The van der Waals surface area contributed by atoms with Gasteiger partial charge in [0.15, 0.2) is 0 Å². The molecule has 82 valence electrons. The molecule has 1 heterocycles. The largest absolute Gasteiger partial charge is 0.381 e. The van der Waals surface area contributed by atoms with Crippen molar-refractivity contribution in [3.05, 3.63) is 22.7 Å². The van der Waals surface area contributed by atoms with Gasteiger partial charge in [0.1, 0.15) is 0 Å². The van der Waals surface area contributed by atoms with Crippen LogP contribution in [0.5, 0.6) is 0 Å². The van der Waals surface area contributed by atoms with E-state index in [1.165, 1.54) is 17.8 Å². The van der Waals surface area contributed by atoms with Crippen LogP contribution in [0, 0.1) is 5.92 Å². The summed E-state index contributed by atoms with van der Waals surface area (Å²) >= 11 is 3.49. The van der Waals surface area contributed by atoms with Gasteiger partial charge in [-0.05, 0) is 30.5 Å². The number of nitrogens with one attached hydrogen (secondary N) is 2. The molecule has 2 nitrogen and oxygen atoms in total. The summed E-state index contributed by atoms with van der Waals surface area (Å²) in [7, 11) is 0. The highest BCUT2D eigenvalue weighted by Gasteiger charge is 2.17. The first-order valence-corrected chi connectivity index (χ1v) is 6.24. The first-order chi connectivity index (χ1) is 7.15. The molecule has 0 fully saturated rings. The fraction of sp³-hybridized carbons (Fsp3) is 0.500. The maximum Gasteiger partial charge on any atom is 0.0590 e. The van der Waals surface area contributed by atoms with E-state index in [1.807, 2.05) is 0 Å². The van der Waals surface area contributed by atoms with Crippen molar-refractivity contribution in [2.75, 3.05) is 17.2 Å². The second-order valence-electron chi connectivity index (χ2n) is 4.54. The van der Waals surface area contributed by atoms with Gasteiger partial charge in [-0.2, -0.15) is 0 Å². The third kappa shape index (κ3) is 2.65. The Labute approximate surface area is 99.6 Å². The Hall–Kier alpha value is -0.700. The third-order valence-corrected chi connectivity index (χ3v) is 3.13. The molecule has 0 aliphatic carbocycles. The minimum atomic E-state index is 0.548. The smallest absolute Gasteiger partial charge is 0.0590 e. The van der Waals surface area contributed by atoms with E-state index in [0.29, 0.717) is 6.04 Å². The highest BCUT2D eigenvalue weighted by molar-refractivity contribution is 9.10. The number of hydrogen-bond donors (Lipinski definition) is 2. The summed E-state index contributed by atoms with van der Waals surface area (Å²) in [6.07, 6.45) is 1.21. The van der Waals surface area contributed by atoms with Crippen molar-refractivity contribution in [1.29, 1.82) is 0 Å². The van der Waals surface area contributed by atoms with E-state index in [0.717, 1.165) is 16.9 Å². The Morgan fingerprint density at radius 3 is 2.93 bits per heavy atom. The lowest BCUT2D eigenvalue weighted by atomic mass is 10.0. The summed E-state index contributed by atoms with van der Waals surface area (Å²) in [5.41, 5.74) is 2.42. The molecule has 0 bridgehead atoms. The lowest BCUT2D eigenvalue weighted by molar-refractivity contribution is 0.525. The lowest BCUT2D eigenvalue weighted by Crippen LogP contribution is -2.33. The first kappa shape index (κ1) is 10.8. The topological polar surface area (TPSA) is 24.1 Å². The van der Waals surface area contributed by atoms with Gasteiger partial charge in [0.25, 0.3) is 0 Å². The van der Waals surface area contributed by atoms with Crippen LogP contribution in [0.2, 0.25) is 0 Å². The van der Waals surface area contributed by atoms with Crippen LogP contribution in [0.25, 0.3) is 0 Å². The van der Waals surface area contributed by atoms with Gasteiger partial charge >= 0.3 is 0 Å². The van der Waals surface area contributed by atoms with E-state index in [2.05, 4.69) is 58.6 Å². The summed E-state index contributed by atoms with van der Waals surface area (Å²) in [6.45, 7) is 5.54. The van der Waals surface area contributed by atoms with Gasteiger partial charge in [-0.25, -0.2) is 0 Å². The second kappa shape index (κ2) is 4.44. The Kier molecular flexibility index (Phi) is 3.19.